The van der Waals surface area contributed by atoms with Crippen LogP contribution in [0.25, 0.3) is 0 Å². The van der Waals surface area contributed by atoms with Gasteiger partial charge in [-0.05, 0) is 32.1 Å². The van der Waals surface area contributed by atoms with E-state index in [9.17, 15) is 0 Å². The monoisotopic (exact) mass is 125 g/mol. The number of fused-ring (bicyclic) bond motifs is 1. The third-order valence-electron chi connectivity index (χ3n) is 2.81. The van der Waals surface area contributed by atoms with E-state index >= 15 is 0 Å². The first kappa shape index (κ1) is 5.72. The molecule has 3 atom stereocenters. The van der Waals surface area contributed by atoms with Crippen molar-refractivity contribution < 1.29 is 0 Å². The summed E-state index contributed by atoms with van der Waals surface area (Å²) in [4.78, 5) is 0. The van der Waals surface area contributed by atoms with Gasteiger partial charge in [-0.2, -0.15) is 0 Å². The molecule has 1 aliphatic carbocycles. The molecule has 0 radical (unpaired) electrons. The van der Waals surface area contributed by atoms with Crippen molar-refractivity contribution in [2.75, 3.05) is 0 Å². The number of rotatable bonds is 0. The normalized spacial score (nSPS) is 49.7. The lowest BCUT2D eigenvalue weighted by Crippen LogP contribution is -2.26. The number of hydrogen-bond acceptors (Lipinski definition) is 1. The minimum Gasteiger partial charge on any atom is -0.311 e. The molecule has 0 spiro atoms. The second-order valence-corrected chi connectivity index (χ2v) is 3.60. The summed E-state index contributed by atoms with van der Waals surface area (Å²) in [6.45, 7) is 2.30. The maximum Gasteiger partial charge on any atom is 0.00983 e. The lowest BCUT2D eigenvalue weighted by atomic mass is 10.0. The predicted molar refractivity (Wildman–Crippen MR) is 38.3 cm³/mol. The van der Waals surface area contributed by atoms with Crippen molar-refractivity contribution >= 4 is 0 Å². The number of hydrogen-bond donors (Lipinski definition) is 1. The summed E-state index contributed by atoms with van der Waals surface area (Å²) < 4.78 is 0. The van der Waals surface area contributed by atoms with Gasteiger partial charge in [-0.3, -0.25) is 0 Å². The molecule has 1 saturated carbocycles. The van der Waals surface area contributed by atoms with Gasteiger partial charge in [-0.15, -0.1) is 0 Å². The van der Waals surface area contributed by atoms with Crippen molar-refractivity contribution in [3.05, 3.63) is 0 Å². The molecule has 0 aromatic heterocycles. The van der Waals surface area contributed by atoms with E-state index < -0.39 is 0 Å². The molecule has 1 N–H and O–H groups in total. The van der Waals surface area contributed by atoms with Gasteiger partial charge in [0.15, 0.2) is 0 Å². The highest BCUT2D eigenvalue weighted by atomic mass is 15.0. The van der Waals surface area contributed by atoms with Gasteiger partial charge in [0.05, 0.1) is 0 Å². The van der Waals surface area contributed by atoms with Gasteiger partial charge in [-0.25, -0.2) is 0 Å². The molecule has 2 aliphatic rings. The summed E-state index contributed by atoms with van der Waals surface area (Å²) in [6.07, 6.45) is 5.83. The van der Waals surface area contributed by atoms with Gasteiger partial charge in [0.1, 0.15) is 0 Å². The topological polar surface area (TPSA) is 12.0 Å². The van der Waals surface area contributed by atoms with E-state index in [1.807, 2.05) is 0 Å². The van der Waals surface area contributed by atoms with Crippen LogP contribution >= 0.6 is 0 Å². The molecule has 0 unspecified atom stereocenters. The minimum atomic E-state index is 0.806. The molecule has 1 heteroatoms. The highest BCUT2D eigenvalue weighted by molar-refractivity contribution is 4.92. The maximum atomic E-state index is 3.62. The standard InChI is InChI=1S/C8H15N/c1-6-5-7-3-2-4-8(7)9-6/h6-9H,2-5H2,1H3/t6-,7+,8+/m0/s1. The molecule has 0 aromatic carbocycles. The summed E-state index contributed by atoms with van der Waals surface area (Å²) in [5, 5.41) is 3.62. The fraction of sp³-hybridized carbons (Fsp3) is 1.00. The zero-order chi connectivity index (χ0) is 6.27. The molecule has 1 aliphatic heterocycles. The first-order valence-corrected chi connectivity index (χ1v) is 4.12. The van der Waals surface area contributed by atoms with Crippen LogP contribution in [0.3, 0.4) is 0 Å². The van der Waals surface area contributed by atoms with E-state index in [1.165, 1.54) is 25.7 Å². The van der Waals surface area contributed by atoms with Crippen molar-refractivity contribution in [2.24, 2.45) is 5.92 Å². The predicted octanol–water partition coefficient (Wildman–Crippen LogP) is 1.54. The molecular formula is C8H15N. The van der Waals surface area contributed by atoms with Gasteiger partial charge in [0.2, 0.25) is 0 Å². The lowest BCUT2D eigenvalue weighted by molar-refractivity contribution is 0.518. The van der Waals surface area contributed by atoms with Crippen LogP contribution in [0.2, 0.25) is 0 Å². The molecule has 0 amide bonds. The van der Waals surface area contributed by atoms with Crippen molar-refractivity contribution in [2.45, 2.75) is 44.7 Å². The lowest BCUT2D eigenvalue weighted by Gasteiger charge is -2.06. The van der Waals surface area contributed by atoms with Crippen LogP contribution in [0, 0.1) is 5.92 Å². The van der Waals surface area contributed by atoms with Crippen LogP contribution < -0.4 is 5.32 Å². The molecule has 1 heterocycles. The minimum absolute atomic E-state index is 0.806. The van der Waals surface area contributed by atoms with Crippen molar-refractivity contribution in [3.63, 3.8) is 0 Å². The summed E-state index contributed by atoms with van der Waals surface area (Å²) in [6, 6.07) is 1.71. The van der Waals surface area contributed by atoms with Gasteiger partial charge >= 0.3 is 0 Å². The Morgan fingerprint density at radius 3 is 3.00 bits per heavy atom. The molecule has 52 valence electrons. The second kappa shape index (κ2) is 1.98. The fourth-order valence-electron chi connectivity index (χ4n) is 2.43. The van der Waals surface area contributed by atoms with Gasteiger partial charge in [-0.1, -0.05) is 6.42 Å². The highest BCUT2D eigenvalue weighted by Gasteiger charge is 2.34. The van der Waals surface area contributed by atoms with E-state index in [1.54, 1.807) is 0 Å². The zero-order valence-corrected chi connectivity index (χ0v) is 6.06. The average molecular weight is 125 g/mol. The fourth-order valence-corrected chi connectivity index (χ4v) is 2.43. The quantitative estimate of drug-likeness (QED) is 0.518. The Hall–Kier alpha value is -0.0400. The Balaban J connectivity index is 2.02. The van der Waals surface area contributed by atoms with E-state index in [0.29, 0.717) is 0 Å². The zero-order valence-electron chi connectivity index (χ0n) is 6.06. The van der Waals surface area contributed by atoms with E-state index in [2.05, 4.69) is 12.2 Å². The molecule has 2 fully saturated rings. The van der Waals surface area contributed by atoms with Gasteiger partial charge in [0, 0.05) is 12.1 Å². The Morgan fingerprint density at radius 1 is 1.33 bits per heavy atom. The molecule has 0 aromatic rings. The average Bonchev–Trinajstić information content (AvgIpc) is 2.22. The Kier molecular flexibility index (Phi) is 1.26. The first-order valence-electron chi connectivity index (χ1n) is 4.12. The summed E-state index contributed by atoms with van der Waals surface area (Å²) in [7, 11) is 0. The smallest absolute Gasteiger partial charge is 0.00983 e. The second-order valence-electron chi connectivity index (χ2n) is 3.60. The molecule has 9 heavy (non-hydrogen) atoms. The Bertz CT molecular complexity index is 99.1. The van der Waals surface area contributed by atoms with Crippen LogP contribution in [0.1, 0.15) is 32.6 Å². The van der Waals surface area contributed by atoms with Gasteiger partial charge in [0.25, 0.3) is 0 Å². The van der Waals surface area contributed by atoms with Crippen molar-refractivity contribution in [3.8, 4) is 0 Å². The van der Waals surface area contributed by atoms with E-state index in [0.717, 1.165) is 18.0 Å². The molecule has 0 bridgehead atoms. The van der Waals surface area contributed by atoms with Crippen LogP contribution in [0.4, 0.5) is 0 Å². The van der Waals surface area contributed by atoms with E-state index in [-0.39, 0.29) is 0 Å². The SMILES string of the molecule is C[C@H]1C[C@H]2CCC[C@H]2N1. The van der Waals surface area contributed by atoms with Crippen LogP contribution in [0.15, 0.2) is 0 Å². The summed E-state index contributed by atoms with van der Waals surface area (Å²) in [5.74, 6) is 1.04. The third kappa shape index (κ3) is 0.877. The summed E-state index contributed by atoms with van der Waals surface area (Å²) >= 11 is 0. The van der Waals surface area contributed by atoms with Crippen LogP contribution in [-0.4, -0.2) is 12.1 Å². The Morgan fingerprint density at radius 2 is 2.22 bits per heavy atom. The van der Waals surface area contributed by atoms with E-state index in [4.69, 9.17) is 0 Å². The third-order valence-corrected chi connectivity index (χ3v) is 2.81. The Labute approximate surface area is 56.8 Å². The molecule has 1 nitrogen and oxygen atoms in total. The van der Waals surface area contributed by atoms with Crippen molar-refractivity contribution in [1.82, 2.24) is 5.32 Å². The van der Waals surface area contributed by atoms with Gasteiger partial charge < -0.3 is 5.32 Å². The molecular weight excluding hydrogens is 110 g/mol. The van der Waals surface area contributed by atoms with Crippen LogP contribution in [0.5, 0.6) is 0 Å². The maximum absolute atomic E-state index is 3.62. The highest BCUT2D eigenvalue weighted by Crippen LogP contribution is 2.34. The molecule has 2 rings (SSSR count). The number of nitrogens with one attached hydrogen (secondary N) is 1. The van der Waals surface area contributed by atoms with Crippen LogP contribution in [-0.2, 0) is 0 Å². The summed E-state index contributed by atoms with van der Waals surface area (Å²) in [5.41, 5.74) is 0. The first-order chi connectivity index (χ1) is 4.36. The van der Waals surface area contributed by atoms with Crippen molar-refractivity contribution in [1.29, 1.82) is 0 Å². The molecule has 1 saturated heterocycles. The largest absolute Gasteiger partial charge is 0.311 e.